The Morgan fingerprint density at radius 2 is 2.46 bits per heavy atom. The van der Waals surface area contributed by atoms with Crippen LogP contribution in [-0.2, 0) is 11.3 Å². The van der Waals surface area contributed by atoms with Gasteiger partial charge in [0.2, 0.25) is 0 Å². The van der Waals surface area contributed by atoms with Crippen LogP contribution in [0, 0.1) is 0 Å². The first-order valence-electron chi connectivity index (χ1n) is 3.62. The summed E-state index contributed by atoms with van der Waals surface area (Å²) < 4.78 is 5.35. The Bertz CT molecular complexity index is 313. The van der Waals surface area contributed by atoms with E-state index < -0.39 is 5.97 Å². The number of rotatable bonds is 3. The van der Waals surface area contributed by atoms with Crippen molar-refractivity contribution in [2.45, 2.75) is 13.5 Å². The molecule has 1 aromatic heterocycles. The molecule has 0 saturated heterocycles. The zero-order chi connectivity index (χ0) is 9.84. The van der Waals surface area contributed by atoms with Gasteiger partial charge in [0.25, 0.3) is 0 Å². The van der Waals surface area contributed by atoms with E-state index in [9.17, 15) is 4.79 Å². The third kappa shape index (κ3) is 2.49. The van der Waals surface area contributed by atoms with Crippen LogP contribution in [0.1, 0.15) is 22.3 Å². The number of carbonyl (C=O) groups is 1. The van der Waals surface area contributed by atoms with Crippen molar-refractivity contribution in [2.24, 2.45) is 0 Å². The maximum atomic E-state index is 11.3. The van der Waals surface area contributed by atoms with Crippen LogP contribution in [0.3, 0.4) is 0 Å². The number of ether oxygens (including phenoxy) is 1. The van der Waals surface area contributed by atoms with Gasteiger partial charge in [-0.1, -0.05) is 11.3 Å². The summed E-state index contributed by atoms with van der Waals surface area (Å²) in [6.07, 6.45) is 0. The minimum atomic E-state index is -0.435. The molecule has 1 aromatic rings. The quantitative estimate of drug-likeness (QED) is 0.844. The monoisotopic (exact) mass is 265 g/mol. The first-order chi connectivity index (χ1) is 6.19. The van der Waals surface area contributed by atoms with Crippen molar-refractivity contribution < 1.29 is 14.6 Å². The Labute approximate surface area is 87.7 Å². The van der Waals surface area contributed by atoms with Crippen LogP contribution in [0.25, 0.3) is 0 Å². The highest BCUT2D eigenvalue weighted by Crippen LogP contribution is 2.23. The first-order valence-corrected chi connectivity index (χ1v) is 5.23. The number of esters is 1. The summed E-state index contributed by atoms with van der Waals surface area (Å²) in [5, 5.41) is 8.86. The van der Waals surface area contributed by atoms with Crippen molar-refractivity contribution in [3.63, 3.8) is 0 Å². The fraction of sp³-hybridized carbons (Fsp3) is 0.429. The second kappa shape index (κ2) is 4.69. The highest BCUT2D eigenvalue weighted by Gasteiger charge is 2.17. The van der Waals surface area contributed by atoms with Gasteiger partial charge in [0.05, 0.1) is 18.9 Å². The number of aliphatic hydroxyl groups is 1. The molecule has 0 atom stereocenters. The maximum Gasteiger partial charge on any atom is 0.350 e. The molecule has 1 N–H and O–H groups in total. The van der Waals surface area contributed by atoms with Crippen LogP contribution in [0.15, 0.2) is 3.92 Å². The van der Waals surface area contributed by atoms with E-state index in [4.69, 9.17) is 9.84 Å². The number of hydrogen-bond donors (Lipinski definition) is 1. The van der Waals surface area contributed by atoms with Crippen LogP contribution >= 0.6 is 27.3 Å². The fourth-order valence-corrected chi connectivity index (χ4v) is 2.18. The molecule has 0 amide bonds. The minimum absolute atomic E-state index is 0.254. The fourth-order valence-electron chi connectivity index (χ4n) is 0.786. The van der Waals surface area contributed by atoms with E-state index in [1.807, 2.05) is 0 Å². The highest BCUT2D eigenvalue weighted by atomic mass is 79.9. The summed E-state index contributed by atoms with van der Waals surface area (Å²) >= 11 is 4.29. The third-order valence-corrected chi connectivity index (χ3v) is 2.81. The summed E-state index contributed by atoms with van der Waals surface area (Å²) in [6, 6.07) is 0. The molecular formula is C7H8BrNO3S. The predicted molar refractivity (Wildman–Crippen MR) is 51.7 cm³/mol. The van der Waals surface area contributed by atoms with Gasteiger partial charge in [0.1, 0.15) is 4.88 Å². The smallest absolute Gasteiger partial charge is 0.350 e. The Kier molecular flexibility index (Phi) is 3.83. The Balaban J connectivity index is 2.91. The number of aromatic nitrogens is 1. The summed E-state index contributed by atoms with van der Waals surface area (Å²) in [7, 11) is 0. The molecule has 0 bridgehead atoms. The van der Waals surface area contributed by atoms with E-state index in [0.717, 1.165) is 11.3 Å². The van der Waals surface area contributed by atoms with Crippen LogP contribution in [-0.4, -0.2) is 22.7 Å². The molecule has 13 heavy (non-hydrogen) atoms. The van der Waals surface area contributed by atoms with Crippen LogP contribution in [0.4, 0.5) is 0 Å². The lowest BCUT2D eigenvalue weighted by atomic mass is 10.4. The minimum Gasteiger partial charge on any atom is -0.462 e. The molecule has 1 rings (SSSR count). The molecular weight excluding hydrogens is 258 g/mol. The number of hydrogen-bond acceptors (Lipinski definition) is 5. The topological polar surface area (TPSA) is 59.4 Å². The van der Waals surface area contributed by atoms with Crippen molar-refractivity contribution in [3.8, 4) is 0 Å². The number of halogens is 1. The second-order valence-corrected chi connectivity index (χ2v) is 4.40. The zero-order valence-electron chi connectivity index (χ0n) is 6.91. The van der Waals surface area contributed by atoms with E-state index in [1.54, 1.807) is 6.92 Å². The predicted octanol–water partition coefficient (Wildman–Crippen LogP) is 1.57. The normalized spacial score (nSPS) is 10.1. The molecule has 0 radical (unpaired) electrons. The number of nitrogens with zero attached hydrogens (tertiary/aromatic N) is 1. The summed E-state index contributed by atoms with van der Waals surface area (Å²) in [5.41, 5.74) is 0.357. The van der Waals surface area contributed by atoms with Gasteiger partial charge in [-0.05, 0) is 22.9 Å². The molecule has 0 spiro atoms. The van der Waals surface area contributed by atoms with Gasteiger partial charge in [-0.25, -0.2) is 9.78 Å². The van der Waals surface area contributed by atoms with E-state index in [2.05, 4.69) is 20.9 Å². The summed E-state index contributed by atoms with van der Waals surface area (Å²) in [4.78, 5) is 15.5. The molecule has 6 heteroatoms. The number of thiazole rings is 1. The summed E-state index contributed by atoms with van der Waals surface area (Å²) in [5.74, 6) is -0.435. The van der Waals surface area contributed by atoms with Gasteiger partial charge in [0.15, 0.2) is 3.92 Å². The Hall–Kier alpha value is -0.460. The van der Waals surface area contributed by atoms with Crippen molar-refractivity contribution in [1.82, 2.24) is 4.98 Å². The van der Waals surface area contributed by atoms with E-state index in [-0.39, 0.29) is 6.61 Å². The van der Waals surface area contributed by atoms with Crippen LogP contribution in [0.5, 0.6) is 0 Å². The van der Waals surface area contributed by atoms with Gasteiger partial charge in [-0.15, -0.1) is 0 Å². The largest absolute Gasteiger partial charge is 0.462 e. The zero-order valence-corrected chi connectivity index (χ0v) is 9.31. The van der Waals surface area contributed by atoms with Gasteiger partial charge >= 0.3 is 5.97 Å². The Morgan fingerprint density at radius 3 is 3.00 bits per heavy atom. The van der Waals surface area contributed by atoms with Crippen molar-refractivity contribution in [3.05, 3.63) is 14.5 Å². The molecule has 1 heterocycles. The Morgan fingerprint density at radius 1 is 1.77 bits per heavy atom. The van der Waals surface area contributed by atoms with Crippen LogP contribution in [0.2, 0.25) is 0 Å². The van der Waals surface area contributed by atoms with Crippen LogP contribution < -0.4 is 0 Å². The molecule has 0 aliphatic heterocycles. The molecule has 0 saturated carbocycles. The lowest BCUT2D eigenvalue weighted by Crippen LogP contribution is -2.05. The number of aliphatic hydroxyl groups excluding tert-OH is 1. The summed E-state index contributed by atoms with van der Waals surface area (Å²) in [6.45, 7) is 1.79. The molecule has 72 valence electrons. The van der Waals surface area contributed by atoms with Crippen molar-refractivity contribution in [1.29, 1.82) is 0 Å². The third-order valence-electron chi connectivity index (χ3n) is 1.28. The number of carbonyl (C=O) groups excluding carboxylic acids is 1. The molecule has 0 fully saturated rings. The average Bonchev–Trinajstić information content (AvgIpc) is 2.47. The van der Waals surface area contributed by atoms with E-state index in [0.29, 0.717) is 21.1 Å². The standard InChI is InChI=1S/C7H8BrNO3S/c1-2-12-6(11)5-4(3-10)9-7(8)13-5/h10H,2-3H2,1H3. The molecule has 0 aliphatic rings. The van der Waals surface area contributed by atoms with E-state index in [1.165, 1.54) is 0 Å². The lowest BCUT2D eigenvalue weighted by Gasteiger charge is -1.98. The molecule has 4 nitrogen and oxygen atoms in total. The molecule has 0 unspecified atom stereocenters. The van der Waals surface area contributed by atoms with Crippen molar-refractivity contribution >= 4 is 33.2 Å². The lowest BCUT2D eigenvalue weighted by molar-refractivity contribution is 0.0528. The van der Waals surface area contributed by atoms with Crippen molar-refractivity contribution in [2.75, 3.05) is 6.61 Å². The SMILES string of the molecule is CCOC(=O)c1sc(Br)nc1CO. The average molecular weight is 266 g/mol. The van der Waals surface area contributed by atoms with Gasteiger partial charge in [0, 0.05) is 0 Å². The molecule has 0 aromatic carbocycles. The van der Waals surface area contributed by atoms with Gasteiger partial charge in [-0.2, -0.15) is 0 Å². The van der Waals surface area contributed by atoms with E-state index >= 15 is 0 Å². The highest BCUT2D eigenvalue weighted by molar-refractivity contribution is 9.11. The first kappa shape index (κ1) is 10.6. The van der Waals surface area contributed by atoms with Gasteiger partial charge < -0.3 is 9.84 Å². The molecule has 0 aliphatic carbocycles. The second-order valence-electron chi connectivity index (χ2n) is 2.12. The van der Waals surface area contributed by atoms with Gasteiger partial charge in [-0.3, -0.25) is 0 Å². The maximum absolute atomic E-state index is 11.3.